The molecule has 0 bridgehead atoms. The lowest BCUT2D eigenvalue weighted by Crippen LogP contribution is -2.28. The zero-order valence-corrected chi connectivity index (χ0v) is 11.4. The van der Waals surface area contributed by atoms with Crippen molar-refractivity contribution in [2.24, 2.45) is 5.41 Å². The summed E-state index contributed by atoms with van der Waals surface area (Å²) in [4.78, 5) is 15.8. The summed E-state index contributed by atoms with van der Waals surface area (Å²) in [5, 5.41) is 18.0. The van der Waals surface area contributed by atoms with Gasteiger partial charge in [-0.1, -0.05) is 20.8 Å². The third-order valence-corrected chi connectivity index (χ3v) is 2.60. The second-order valence-electron chi connectivity index (χ2n) is 5.38. The van der Waals surface area contributed by atoms with Gasteiger partial charge in [0.05, 0.1) is 5.56 Å². The Bertz CT molecular complexity index is 646. The maximum absolute atomic E-state index is 13.7. The first kappa shape index (κ1) is 14.0. The minimum atomic E-state index is -0.630. The van der Waals surface area contributed by atoms with Crippen LogP contribution >= 0.6 is 0 Å². The van der Waals surface area contributed by atoms with Crippen LogP contribution in [0.15, 0.2) is 18.2 Å². The van der Waals surface area contributed by atoms with Crippen LogP contribution in [0.5, 0.6) is 5.75 Å². The standard InChI is InChI=1S/C13H15FN4O2/c1-13(2,3)11(20)16-12-15-10(17-18-12)8-5-4-7(19)6-9(8)14/h4-6,19H,1-3H3,(H2,15,16,17,18,20). The molecule has 1 heterocycles. The SMILES string of the molecule is CC(C)(C)C(=O)Nc1n[nH]c(-c2ccc(O)cc2F)n1. The molecule has 0 saturated heterocycles. The number of carbonyl (C=O) groups is 1. The Morgan fingerprint density at radius 2 is 2.10 bits per heavy atom. The average Bonchev–Trinajstić information content (AvgIpc) is 2.76. The first-order valence-electron chi connectivity index (χ1n) is 6.00. The molecule has 0 fully saturated rings. The summed E-state index contributed by atoms with van der Waals surface area (Å²) < 4.78 is 13.7. The predicted molar refractivity (Wildman–Crippen MR) is 71.5 cm³/mol. The van der Waals surface area contributed by atoms with Gasteiger partial charge in [0.25, 0.3) is 0 Å². The van der Waals surface area contributed by atoms with Crippen molar-refractivity contribution >= 4 is 11.9 Å². The van der Waals surface area contributed by atoms with Crippen LogP contribution in [0.4, 0.5) is 10.3 Å². The van der Waals surface area contributed by atoms with E-state index in [0.29, 0.717) is 0 Å². The number of phenolic OH excluding ortho intramolecular Hbond substituents is 1. The fraction of sp³-hybridized carbons (Fsp3) is 0.308. The number of aromatic amines is 1. The van der Waals surface area contributed by atoms with Crippen LogP contribution < -0.4 is 5.32 Å². The topological polar surface area (TPSA) is 90.9 Å². The molecule has 106 valence electrons. The van der Waals surface area contributed by atoms with Crippen LogP contribution in [-0.2, 0) is 4.79 Å². The first-order chi connectivity index (χ1) is 9.27. The van der Waals surface area contributed by atoms with E-state index in [4.69, 9.17) is 5.11 Å². The van der Waals surface area contributed by atoms with E-state index in [0.717, 1.165) is 6.07 Å². The van der Waals surface area contributed by atoms with E-state index in [1.807, 2.05) is 0 Å². The largest absolute Gasteiger partial charge is 0.508 e. The summed E-state index contributed by atoms with van der Waals surface area (Å²) >= 11 is 0. The molecular formula is C13H15FN4O2. The van der Waals surface area contributed by atoms with Gasteiger partial charge in [0.1, 0.15) is 11.6 Å². The lowest BCUT2D eigenvalue weighted by molar-refractivity contribution is -0.123. The first-order valence-corrected chi connectivity index (χ1v) is 6.00. The van der Waals surface area contributed by atoms with Gasteiger partial charge in [-0.05, 0) is 12.1 Å². The molecule has 2 aromatic rings. The molecule has 1 aromatic carbocycles. The van der Waals surface area contributed by atoms with Crippen LogP contribution in [-0.4, -0.2) is 26.2 Å². The molecule has 1 aromatic heterocycles. The number of hydrogen-bond donors (Lipinski definition) is 3. The van der Waals surface area contributed by atoms with Crippen LogP contribution in [0, 0.1) is 11.2 Å². The number of nitrogens with zero attached hydrogens (tertiary/aromatic N) is 2. The number of amides is 1. The van der Waals surface area contributed by atoms with Gasteiger partial charge in [-0.25, -0.2) is 4.39 Å². The summed E-state index contributed by atoms with van der Waals surface area (Å²) in [6, 6.07) is 3.69. The minimum absolute atomic E-state index is 0.0763. The fourth-order valence-corrected chi connectivity index (χ4v) is 1.42. The zero-order chi connectivity index (χ0) is 14.9. The van der Waals surface area contributed by atoms with E-state index in [9.17, 15) is 9.18 Å². The Hall–Kier alpha value is -2.44. The highest BCUT2D eigenvalue weighted by molar-refractivity contribution is 5.93. The molecule has 0 saturated carbocycles. The number of hydrogen-bond acceptors (Lipinski definition) is 4. The van der Waals surface area contributed by atoms with Gasteiger partial charge in [-0.2, -0.15) is 4.98 Å². The van der Waals surface area contributed by atoms with Crippen molar-refractivity contribution in [3.8, 4) is 17.1 Å². The number of aromatic hydroxyl groups is 1. The number of aromatic nitrogens is 3. The molecule has 2 rings (SSSR count). The van der Waals surface area contributed by atoms with Crippen molar-refractivity contribution in [3.05, 3.63) is 24.0 Å². The van der Waals surface area contributed by atoms with Crippen LogP contribution in [0.1, 0.15) is 20.8 Å². The van der Waals surface area contributed by atoms with Crippen LogP contribution in [0.2, 0.25) is 0 Å². The zero-order valence-electron chi connectivity index (χ0n) is 11.4. The van der Waals surface area contributed by atoms with Crippen LogP contribution in [0.25, 0.3) is 11.4 Å². The molecule has 0 aliphatic carbocycles. The Morgan fingerprint density at radius 1 is 1.40 bits per heavy atom. The molecule has 3 N–H and O–H groups in total. The molecule has 0 aliphatic rings. The quantitative estimate of drug-likeness (QED) is 0.786. The Kier molecular flexibility index (Phi) is 3.44. The van der Waals surface area contributed by atoms with E-state index in [1.165, 1.54) is 12.1 Å². The van der Waals surface area contributed by atoms with Crippen molar-refractivity contribution in [2.75, 3.05) is 5.32 Å². The van der Waals surface area contributed by atoms with E-state index < -0.39 is 11.2 Å². The van der Waals surface area contributed by atoms with E-state index in [2.05, 4.69) is 20.5 Å². The second-order valence-corrected chi connectivity index (χ2v) is 5.38. The predicted octanol–water partition coefficient (Wildman–Crippen LogP) is 2.30. The Labute approximate surface area is 115 Å². The van der Waals surface area contributed by atoms with Gasteiger partial charge in [-0.3, -0.25) is 15.2 Å². The minimum Gasteiger partial charge on any atom is -0.508 e. The van der Waals surface area contributed by atoms with Crippen molar-refractivity contribution < 1.29 is 14.3 Å². The highest BCUT2D eigenvalue weighted by atomic mass is 19.1. The summed E-state index contributed by atoms with van der Waals surface area (Å²) in [6.45, 7) is 5.28. The molecule has 6 nitrogen and oxygen atoms in total. The van der Waals surface area contributed by atoms with Gasteiger partial charge < -0.3 is 5.11 Å². The maximum Gasteiger partial charge on any atom is 0.249 e. The number of phenols is 1. The Morgan fingerprint density at radius 3 is 2.70 bits per heavy atom. The average molecular weight is 278 g/mol. The molecule has 0 spiro atoms. The molecule has 0 radical (unpaired) electrons. The number of carbonyl (C=O) groups excluding carboxylic acids is 1. The van der Waals surface area contributed by atoms with Gasteiger partial charge in [0, 0.05) is 11.5 Å². The smallest absolute Gasteiger partial charge is 0.249 e. The van der Waals surface area contributed by atoms with Crippen molar-refractivity contribution in [1.29, 1.82) is 0 Å². The number of rotatable bonds is 2. The highest BCUT2D eigenvalue weighted by Crippen LogP contribution is 2.24. The molecule has 0 aliphatic heterocycles. The molecular weight excluding hydrogens is 263 g/mol. The number of H-pyrrole nitrogens is 1. The number of nitrogens with one attached hydrogen (secondary N) is 2. The van der Waals surface area contributed by atoms with Crippen molar-refractivity contribution in [1.82, 2.24) is 15.2 Å². The van der Waals surface area contributed by atoms with Gasteiger partial charge in [0.15, 0.2) is 5.82 Å². The van der Waals surface area contributed by atoms with E-state index in [1.54, 1.807) is 20.8 Å². The lowest BCUT2D eigenvalue weighted by atomic mass is 9.96. The van der Waals surface area contributed by atoms with Gasteiger partial charge in [0.2, 0.25) is 11.9 Å². The third-order valence-electron chi connectivity index (χ3n) is 2.60. The van der Waals surface area contributed by atoms with Crippen molar-refractivity contribution in [2.45, 2.75) is 20.8 Å². The summed E-state index contributed by atoms with van der Waals surface area (Å²) in [6.07, 6.45) is 0. The summed E-state index contributed by atoms with van der Waals surface area (Å²) in [7, 11) is 0. The number of benzene rings is 1. The molecule has 7 heteroatoms. The molecule has 20 heavy (non-hydrogen) atoms. The Balaban J connectivity index is 2.23. The fourth-order valence-electron chi connectivity index (χ4n) is 1.42. The van der Waals surface area contributed by atoms with Gasteiger partial charge in [-0.15, -0.1) is 5.10 Å². The van der Waals surface area contributed by atoms with Crippen LogP contribution in [0.3, 0.4) is 0 Å². The van der Waals surface area contributed by atoms with Crippen molar-refractivity contribution in [3.63, 3.8) is 0 Å². The van der Waals surface area contributed by atoms with E-state index >= 15 is 0 Å². The monoisotopic (exact) mass is 278 g/mol. The number of halogens is 1. The normalized spacial score (nSPS) is 11.4. The molecule has 1 amide bonds. The molecule has 0 unspecified atom stereocenters. The summed E-state index contributed by atoms with van der Waals surface area (Å²) in [5.74, 6) is -0.796. The maximum atomic E-state index is 13.7. The number of anilines is 1. The molecule has 0 atom stereocenters. The second kappa shape index (κ2) is 4.92. The summed E-state index contributed by atoms with van der Waals surface area (Å²) in [5.41, 5.74) is -0.420. The third kappa shape index (κ3) is 2.93. The van der Waals surface area contributed by atoms with E-state index in [-0.39, 0.29) is 29.0 Å². The van der Waals surface area contributed by atoms with Gasteiger partial charge >= 0.3 is 0 Å². The highest BCUT2D eigenvalue weighted by Gasteiger charge is 2.22. The lowest BCUT2D eigenvalue weighted by Gasteiger charge is -2.15.